The molecule has 8 nitrogen and oxygen atoms in total. The predicted octanol–water partition coefficient (Wildman–Crippen LogP) is 6.42. The van der Waals surface area contributed by atoms with Crippen molar-refractivity contribution in [2.24, 2.45) is 0 Å². The summed E-state index contributed by atoms with van der Waals surface area (Å²) in [5.74, 6) is -0.645. The van der Waals surface area contributed by atoms with Crippen molar-refractivity contribution in [1.82, 2.24) is 9.29 Å². The zero-order valence-electron chi connectivity index (χ0n) is 25.2. The number of anilines is 3. The average Bonchev–Trinajstić information content (AvgIpc) is 3.30. The van der Waals surface area contributed by atoms with E-state index in [4.69, 9.17) is 11.6 Å². The van der Waals surface area contributed by atoms with Crippen molar-refractivity contribution in [3.63, 3.8) is 0 Å². The fraction of sp³-hybridized carbons (Fsp3) is 0.303. The van der Waals surface area contributed by atoms with E-state index < -0.39 is 15.9 Å². The van der Waals surface area contributed by atoms with E-state index in [0.29, 0.717) is 21.8 Å². The van der Waals surface area contributed by atoms with E-state index in [-0.39, 0.29) is 6.04 Å². The first-order valence-corrected chi connectivity index (χ1v) is 16.6. The number of amides is 1. The number of piperazine rings is 1. The molecule has 1 fully saturated rings. The largest absolute Gasteiger partial charge is 0.388 e. The van der Waals surface area contributed by atoms with Gasteiger partial charge < -0.3 is 19.7 Å². The van der Waals surface area contributed by atoms with Gasteiger partial charge in [-0.3, -0.25) is 4.79 Å². The van der Waals surface area contributed by atoms with Crippen LogP contribution in [0.4, 0.5) is 17.1 Å². The van der Waals surface area contributed by atoms with Crippen LogP contribution in [0.5, 0.6) is 0 Å². The smallest absolute Gasteiger partial charge is 0.267 e. The number of aromatic nitrogens is 1. The van der Waals surface area contributed by atoms with E-state index in [2.05, 4.69) is 74.7 Å². The Kier molecular flexibility index (Phi) is 8.76. The Morgan fingerprint density at radius 1 is 0.860 bits per heavy atom. The van der Waals surface area contributed by atoms with Crippen LogP contribution in [0.1, 0.15) is 35.9 Å². The molecule has 0 saturated carbocycles. The van der Waals surface area contributed by atoms with Crippen LogP contribution in [-0.4, -0.2) is 58.4 Å². The number of carbonyl (C=O) groups is 1. The van der Waals surface area contributed by atoms with Crippen molar-refractivity contribution in [2.75, 3.05) is 54.6 Å². The second kappa shape index (κ2) is 12.3. The number of nitrogens with one attached hydrogen (secondary N) is 2. The van der Waals surface area contributed by atoms with Crippen LogP contribution in [-0.2, 0) is 10.0 Å². The van der Waals surface area contributed by atoms with Gasteiger partial charge in [0.25, 0.3) is 5.91 Å². The van der Waals surface area contributed by atoms with Gasteiger partial charge in [0.15, 0.2) is 0 Å². The maximum Gasteiger partial charge on any atom is 0.267 e. The van der Waals surface area contributed by atoms with E-state index in [1.54, 1.807) is 0 Å². The van der Waals surface area contributed by atoms with Gasteiger partial charge in [-0.25, -0.2) is 13.1 Å². The number of halogens is 1. The van der Waals surface area contributed by atoms with Crippen LogP contribution in [0.3, 0.4) is 0 Å². The molecular formula is C33H38ClN5O3S. The number of hydrogen-bond acceptors (Lipinski definition) is 6. The van der Waals surface area contributed by atoms with Gasteiger partial charge in [-0.2, -0.15) is 0 Å². The van der Waals surface area contributed by atoms with E-state index >= 15 is 0 Å². The van der Waals surface area contributed by atoms with Crippen molar-refractivity contribution >= 4 is 44.6 Å². The van der Waals surface area contributed by atoms with Crippen LogP contribution < -0.4 is 19.8 Å². The summed E-state index contributed by atoms with van der Waals surface area (Å²) in [5.41, 5.74) is 7.64. The summed E-state index contributed by atoms with van der Waals surface area (Å²) in [4.78, 5) is 18.3. The molecule has 3 aromatic carbocycles. The average molecular weight is 620 g/mol. The van der Waals surface area contributed by atoms with Gasteiger partial charge in [0, 0.05) is 72.6 Å². The summed E-state index contributed by atoms with van der Waals surface area (Å²) < 4.78 is 28.6. The Balaban J connectivity index is 1.56. The molecule has 0 radical (unpaired) electrons. The molecule has 0 spiro atoms. The Morgan fingerprint density at radius 3 is 2.02 bits per heavy atom. The molecule has 1 aliphatic rings. The molecule has 1 saturated heterocycles. The van der Waals surface area contributed by atoms with Crippen LogP contribution >= 0.6 is 11.6 Å². The minimum Gasteiger partial charge on any atom is -0.388 e. The number of carbonyl (C=O) groups excluding carboxylic acids is 1. The first kappa shape index (κ1) is 30.5. The summed E-state index contributed by atoms with van der Waals surface area (Å²) in [5, 5.41) is 3.78. The molecule has 226 valence electrons. The highest BCUT2D eigenvalue weighted by Crippen LogP contribution is 2.42. The van der Waals surface area contributed by atoms with Gasteiger partial charge in [0.05, 0.1) is 17.5 Å². The van der Waals surface area contributed by atoms with Crippen LogP contribution in [0.2, 0.25) is 5.02 Å². The van der Waals surface area contributed by atoms with Crippen molar-refractivity contribution < 1.29 is 13.2 Å². The van der Waals surface area contributed by atoms with E-state index in [0.717, 1.165) is 60.6 Å². The second-order valence-corrected chi connectivity index (χ2v) is 13.4. The molecule has 5 rings (SSSR count). The van der Waals surface area contributed by atoms with Crippen molar-refractivity contribution in [3.05, 3.63) is 89.1 Å². The number of benzene rings is 3. The monoisotopic (exact) mass is 619 g/mol. The third kappa shape index (κ3) is 6.53. The second-order valence-electron chi connectivity index (χ2n) is 11.2. The van der Waals surface area contributed by atoms with Crippen LogP contribution in [0.25, 0.3) is 22.4 Å². The molecular weight excluding hydrogens is 582 g/mol. The number of rotatable bonds is 8. The minimum absolute atomic E-state index is 0.00245. The zero-order chi connectivity index (χ0) is 30.9. The molecule has 0 unspecified atom stereocenters. The fourth-order valence-electron chi connectivity index (χ4n) is 5.94. The molecule has 0 bridgehead atoms. The highest BCUT2D eigenvalue weighted by atomic mass is 35.5. The lowest BCUT2D eigenvalue weighted by Crippen LogP contribution is -2.46. The maximum atomic E-state index is 13.6. The van der Waals surface area contributed by atoms with Gasteiger partial charge in [0.2, 0.25) is 10.0 Å². The summed E-state index contributed by atoms with van der Waals surface area (Å²) in [7, 11) is -1.86. The van der Waals surface area contributed by atoms with Crippen molar-refractivity contribution in [1.29, 1.82) is 0 Å². The molecule has 2 heterocycles. The van der Waals surface area contributed by atoms with Crippen LogP contribution in [0, 0.1) is 6.92 Å². The number of nitrogens with zero attached hydrogens (tertiary/aromatic N) is 3. The molecule has 1 amide bonds. The Morgan fingerprint density at radius 2 is 1.47 bits per heavy atom. The first-order chi connectivity index (χ1) is 20.5. The quantitative estimate of drug-likeness (QED) is 0.237. The maximum absolute atomic E-state index is 13.6. The zero-order valence-corrected chi connectivity index (χ0v) is 26.8. The minimum atomic E-state index is -3.78. The Hall–Kier alpha value is -3.95. The molecule has 1 aromatic heterocycles. The number of hydrogen-bond donors (Lipinski definition) is 2. The summed E-state index contributed by atoms with van der Waals surface area (Å²) in [6.07, 6.45) is 0.995. The molecule has 0 aliphatic carbocycles. The van der Waals surface area contributed by atoms with Gasteiger partial charge >= 0.3 is 0 Å². The standard InChI is InChI=1S/C33H38ClN5O3S/c1-22(2)39-23(3)30(33(40)36-43(5,41)42)31(32(39)24-9-11-26(34)12-10-24)25-7-6-8-29(21-25)38-19-17-37(18-20-38)28-15-13-27(35-4)14-16-28/h6-16,21-22,35H,17-20H2,1-5H3,(H,36,40). The lowest BCUT2D eigenvalue weighted by molar-refractivity contribution is 0.0981. The fourth-order valence-corrected chi connectivity index (χ4v) is 6.51. The summed E-state index contributed by atoms with van der Waals surface area (Å²) >= 11 is 6.24. The highest BCUT2D eigenvalue weighted by molar-refractivity contribution is 7.89. The molecule has 0 atom stereocenters. The summed E-state index contributed by atoms with van der Waals surface area (Å²) in [6.45, 7) is 9.41. The van der Waals surface area contributed by atoms with Crippen molar-refractivity contribution in [2.45, 2.75) is 26.8 Å². The van der Waals surface area contributed by atoms with Gasteiger partial charge in [0.1, 0.15) is 0 Å². The SMILES string of the molecule is CNc1ccc(N2CCN(c3cccc(-c4c(C(=O)NS(C)(=O)=O)c(C)n(C(C)C)c4-c4ccc(Cl)cc4)c3)CC2)cc1. The lowest BCUT2D eigenvalue weighted by Gasteiger charge is -2.37. The molecule has 1 aliphatic heterocycles. The molecule has 43 heavy (non-hydrogen) atoms. The first-order valence-electron chi connectivity index (χ1n) is 14.4. The highest BCUT2D eigenvalue weighted by Gasteiger charge is 2.30. The normalized spacial score (nSPS) is 13.8. The third-order valence-corrected chi connectivity index (χ3v) is 8.70. The van der Waals surface area contributed by atoms with Gasteiger partial charge in [-0.05, 0) is 80.4 Å². The molecule has 2 N–H and O–H groups in total. The van der Waals surface area contributed by atoms with E-state index in [9.17, 15) is 13.2 Å². The van der Waals surface area contributed by atoms with Gasteiger partial charge in [-0.15, -0.1) is 0 Å². The Labute approximate surface area is 259 Å². The number of sulfonamides is 1. The molecule has 4 aromatic rings. The Bertz CT molecular complexity index is 1720. The summed E-state index contributed by atoms with van der Waals surface area (Å²) in [6, 6.07) is 24.2. The van der Waals surface area contributed by atoms with E-state index in [1.165, 1.54) is 5.69 Å². The topological polar surface area (TPSA) is 86.7 Å². The van der Waals surface area contributed by atoms with Crippen molar-refractivity contribution in [3.8, 4) is 22.4 Å². The lowest BCUT2D eigenvalue weighted by atomic mass is 9.96. The van der Waals surface area contributed by atoms with E-state index in [1.807, 2.05) is 50.4 Å². The van der Waals surface area contributed by atoms with Gasteiger partial charge in [-0.1, -0.05) is 35.9 Å². The predicted molar refractivity (Wildman–Crippen MR) is 178 cm³/mol. The third-order valence-electron chi connectivity index (χ3n) is 7.89. The molecule has 10 heteroatoms. The van der Waals surface area contributed by atoms with Crippen LogP contribution in [0.15, 0.2) is 72.8 Å².